The third-order valence-electron chi connectivity index (χ3n) is 7.06. The number of rotatable bonds is 14. The van der Waals surface area contributed by atoms with E-state index >= 15 is 0 Å². The zero-order chi connectivity index (χ0) is 17.8. The molecular formula is C24H48. The van der Waals surface area contributed by atoms with E-state index in [0.717, 1.165) is 29.6 Å². The van der Waals surface area contributed by atoms with Crippen LogP contribution in [-0.4, -0.2) is 0 Å². The van der Waals surface area contributed by atoms with E-state index in [9.17, 15) is 0 Å². The predicted octanol–water partition coefficient (Wildman–Crippen LogP) is 8.64. The largest absolute Gasteiger partial charge is 0.0654 e. The third kappa shape index (κ3) is 6.72. The molecule has 0 nitrogen and oxygen atoms in total. The minimum atomic E-state index is 0.987. The lowest BCUT2D eigenvalue weighted by molar-refractivity contribution is 0.226. The summed E-state index contributed by atoms with van der Waals surface area (Å²) in [5, 5.41) is 0. The van der Waals surface area contributed by atoms with Gasteiger partial charge in [0.1, 0.15) is 0 Å². The van der Waals surface area contributed by atoms with E-state index < -0.39 is 0 Å². The Hall–Kier alpha value is 0. The molecule has 0 N–H and O–H groups in total. The van der Waals surface area contributed by atoms with Gasteiger partial charge in [0.25, 0.3) is 0 Å². The zero-order valence-corrected chi connectivity index (χ0v) is 17.8. The minimum absolute atomic E-state index is 0.987. The van der Waals surface area contributed by atoms with Crippen LogP contribution in [0.1, 0.15) is 125 Å². The van der Waals surface area contributed by atoms with Crippen molar-refractivity contribution in [3.8, 4) is 0 Å². The van der Waals surface area contributed by atoms with Gasteiger partial charge in [-0.3, -0.25) is 0 Å². The van der Waals surface area contributed by atoms with Crippen LogP contribution in [0, 0.1) is 29.6 Å². The van der Waals surface area contributed by atoms with Gasteiger partial charge in [0.15, 0.2) is 0 Å². The molecule has 4 atom stereocenters. The van der Waals surface area contributed by atoms with Crippen molar-refractivity contribution in [2.75, 3.05) is 0 Å². The van der Waals surface area contributed by atoms with Crippen molar-refractivity contribution in [3.05, 3.63) is 0 Å². The number of hydrogen-bond donors (Lipinski definition) is 0. The molecule has 0 aromatic heterocycles. The molecule has 0 aliphatic heterocycles. The summed E-state index contributed by atoms with van der Waals surface area (Å²) in [5.41, 5.74) is 0. The van der Waals surface area contributed by atoms with Crippen LogP contribution in [0.15, 0.2) is 0 Å². The first kappa shape index (κ1) is 22.0. The summed E-state index contributed by atoms with van der Waals surface area (Å²) >= 11 is 0. The van der Waals surface area contributed by atoms with Crippen LogP contribution in [0.5, 0.6) is 0 Å². The van der Waals surface area contributed by atoms with Crippen LogP contribution < -0.4 is 0 Å². The summed E-state index contributed by atoms with van der Waals surface area (Å²) in [6.45, 7) is 12.1. The summed E-state index contributed by atoms with van der Waals surface area (Å²) in [7, 11) is 0. The smallest absolute Gasteiger partial charge is 0.0352 e. The Bertz CT molecular complexity index is 254. The summed E-state index contributed by atoms with van der Waals surface area (Å²) in [4.78, 5) is 0. The minimum Gasteiger partial charge on any atom is -0.0654 e. The second kappa shape index (κ2) is 13.2. The Balaban J connectivity index is 2.81. The van der Waals surface area contributed by atoms with Gasteiger partial charge in [-0.15, -0.1) is 0 Å². The molecular weight excluding hydrogens is 288 g/mol. The molecule has 0 bridgehead atoms. The van der Waals surface area contributed by atoms with Gasteiger partial charge in [0.2, 0.25) is 0 Å². The standard InChI is InChI=1S/C24H48/c1-6-10-14-18-23-21(16-12-8-3)20(5)22(17-13-9-4)24(23)19-15-11-7-2/h20-24H,6-19H2,1-5H3. The van der Waals surface area contributed by atoms with Crippen molar-refractivity contribution >= 4 is 0 Å². The van der Waals surface area contributed by atoms with Crippen LogP contribution in [0.3, 0.4) is 0 Å². The van der Waals surface area contributed by atoms with Gasteiger partial charge in [0, 0.05) is 0 Å². The lowest BCUT2D eigenvalue weighted by Crippen LogP contribution is -2.18. The highest BCUT2D eigenvalue weighted by molar-refractivity contribution is 4.94. The topological polar surface area (TPSA) is 0 Å². The molecule has 1 saturated carbocycles. The molecule has 0 saturated heterocycles. The molecule has 0 spiro atoms. The Labute approximate surface area is 154 Å². The van der Waals surface area contributed by atoms with Gasteiger partial charge in [-0.05, 0) is 55.3 Å². The molecule has 0 heterocycles. The fourth-order valence-corrected chi connectivity index (χ4v) is 5.68. The van der Waals surface area contributed by atoms with Gasteiger partial charge in [-0.1, -0.05) is 98.8 Å². The lowest BCUT2D eigenvalue weighted by atomic mass is 9.78. The van der Waals surface area contributed by atoms with Gasteiger partial charge in [-0.25, -0.2) is 0 Å². The van der Waals surface area contributed by atoms with E-state index in [1.54, 1.807) is 0 Å². The fourth-order valence-electron chi connectivity index (χ4n) is 5.68. The van der Waals surface area contributed by atoms with Gasteiger partial charge >= 0.3 is 0 Å². The van der Waals surface area contributed by atoms with Crippen LogP contribution in [-0.2, 0) is 0 Å². The van der Waals surface area contributed by atoms with Crippen molar-refractivity contribution < 1.29 is 0 Å². The maximum Gasteiger partial charge on any atom is -0.0352 e. The molecule has 1 rings (SSSR count). The molecule has 1 aliphatic rings. The third-order valence-corrected chi connectivity index (χ3v) is 7.06. The second-order valence-electron chi connectivity index (χ2n) is 8.79. The van der Waals surface area contributed by atoms with Crippen molar-refractivity contribution in [2.45, 2.75) is 125 Å². The van der Waals surface area contributed by atoms with Crippen LogP contribution in [0.25, 0.3) is 0 Å². The van der Waals surface area contributed by atoms with Gasteiger partial charge < -0.3 is 0 Å². The number of unbranched alkanes of at least 4 members (excludes halogenated alkanes) is 6. The Morgan fingerprint density at radius 3 is 1.08 bits per heavy atom. The van der Waals surface area contributed by atoms with E-state index in [1.807, 2.05) is 0 Å². The van der Waals surface area contributed by atoms with E-state index in [0.29, 0.717) is 0 Å². The first-order valence-corrected chi connectivity index (χ1v) is 11.7. The van der Waals surface area contributed by atoms with Gasteiger partial charge in [-0.2, -0.15) is 0 Å². The van der Waals surface area contributed by atoms with Crippen molar-refractivity contribution in [2.24, 2.45) is 29.6 Å². The Kier molecular flexibility index (Phi) is 12.2. The second-order valence-corrected chi connectivity index (χ2v) is 8.79. The first-order chi connectivity index (χ1) is 11.7. The zero-order valence-electron chi connectivity index (χ0n) is 17.8. The molecule has 24 heavy (non-hydrogen) atoms. The van der Waals surface area contributed by atoms with E-state index in [4.69, 9.17) is 0 Å². The molecule has 4 unspecified atom stereocenters. The van der Waals surface area contributed by atoms with Crippen LogP contribution in [0.2, 0.25) is 0 Å². The molecule has 0 aromatic rings. The van der Waals surface area contributed by atoms with Gasteiger partial charge in [0.05, 0.1) is 0 Å². The molecule has 1 aliphatic carbocycles. The maximum atomic E-state index is 2.63. The Morgan fingerprint density at radius 2 is 0.750 bits per heavy atom. The average molecular weight is 337 g/mol. The summed E-state index contributed by atoms with van der Waals surface area (Å²) in [5.74, 6) is 5.17. The van der Waals surface area contributed by atoms with Crippen LogP contribution in [0.4, 0.5) is 0 Å². The fraction of sp³-hybridized carbons (Fsp3) is 1.00. The molecule has 144 valence electrons. The molecule has 1 fully saturated rings. The van der Waals surface area contributed by atoms with Crippen molar-refractivity contribution in [1.29, 1.82) is 0 Å². The maximum absolute atomic E-state index is 2.63. The van der Waals surface area contributed by atoms with E-state index in [-0.39, 0.29) is 0 Å². The average Bonchev–Trinajstić information content (AvgIpc) is 2.83. The summed E-state index contributed by atoms with van der Waals surface area (Å²) in [6.07, 6.45) is 20.4. The van der Waals surface area contributed by atoms with E-state index in [1.165, 1.54) is 89.9 Å². The Morgan fingerprint density at radius 1 is 0.417 bits per heavy atom. The SMILES string of the molecule is CCCCCC1C(CCCC)C(C)C(CCCC)C1CCCCC. The highest BCUT2D eigenvalue weighted by atomic mass is 14.5. The summed E-state index contributed by atoms with van der Waals surface area (Å²) in [6, 6.07) is 0. The highest BCUT2D eigenvalue weighted by Crippen LogP contribution is 2.53. The first-order valence-electron chi connectivity index (χ1n) is 11.7. The normalized spacial score (nSPS) is 30.1. The molecule has 0 amide bonds. The summed E-state index contributed by atoms with van der Waals surface area (Å²) < 4.78 is 0. The monoisotopic (exact) mass is 336 g/mol. The molecule has 0 heteroatoms. The highest BCUT2D eigenvalue weighted by Gasteiger charge is 2.45. The molecule has 0 radical (unpaired) electrons. The van der Waals surface area contributed by atoms with Crippen molar-refractivity contribution in [1.82, 2.24) is 0 Å². The lowest BCUT2D eigenvalue weighted by Gasteiger charge is -2.27. The van der Waals surface area contributed by atoms with E-state index in [2.05, 4.69) is 34.6 Å². The van der Waals surface area contributed by atoms with Crippen LogP contribution >= 0.6 is 0 Å². The molecule has 0 aromatic carbocycles. The van der Waals surface area contributed by atoms with Crippen molar-refractivity contribution in [3.63, 3.8) is 0 Å². The predicted molar refractivity (Wildman–Crippen MR) is 110 cm³/mol. The quantitative estimate of drug-likeness (QED) is 0.278. The number of hydrogen-bond acceptors (Lipinski definition) is 0.